The molecule has 3 rings (SSSR count). The van der Waals surface area contributed by atoms with Crippen molar-refractivity contribution < 1.29 is 13.9 Å². The van der Waals surface area contributed by atoms with Crippen LogP contribution in [0.1, 0.15) is 18.1 Å². The van der Waals surface area contributed by atoms with Crippen LogP contribution in [0.25, 0.3) is 0 Å². The fourth-order valence-corrected chi connectivity index (χ4v) is 3.63. The number of anilines is 1. The standard InChI is InChI=1S/C23H32FN5O2/c1-4-28-9-11-29(12-10-28)20-7-5-17(13-19(20)24)15-26-23(25)27-16-18-6-8-21(30-2)22(14-18)31-3/h5-8,13-14H,4,9-12,15-16H2,1-3H3,(H3,25,26,27). The van der Waals surface area contributed by atoms with Crippen molar-refractivity contribution in [3.05, 3.63) is 53.3 Å². The molecule has 0 aromatic heterocycles. The maximum absolute atomic E-state index is 14.7. The Labute approximate surface area is 183 Å². The second kappa shape index (κ2) is 10.9. The zero-order chi connectivity index (χ0) is 22.2. The summed E-state index contributed by atoms with van der Waals surface area (Å²) < 4.78 is 25.2. The number of rotatable bonds is 8. The van der Waals surface area contributed by atoms with E-state index >= 15 is 0 Å². The Balaban J connectivity index is 1.54. The van der Waals surface area contributed by atoms with Gasteiger partial charge in [0, 0.05) is 32.7 Å². The van der Waals surface area contributed by atoms with Crippen LogP contribution in [0.5, 0.6) is 11.5 Å². The summed E-state index contributed by atoms with van der Waals surface area (Å²) in [7, 11) is 3.20. The van der Waals surface area contributed by atoms with Crippen LogP contribution in [-0.2, 0) is 13.1 Å². The summed E-state index contributed by atoms with van der Waals surface area (Å²) in [5.41, 5.74) is 8.40. The van der Waals surface area contributed by atoms with E-state index < -0.39 is 0 Å². The molecule has 3 N–H and O–H groups in total. The number of hydrogen-bond donors (Lipinski definition) is 2. The van der Waals surface area contributed by atoms with Crippen molar-refractivity contribution in [2.45, 2.75) is 20.0 Å². The van der Waals surface area contributed by atoms with Gasteiger partial charge in [0.05, 0.1) is 26.5 Å². The quantitative estimate of drug-likeness (QED) is 0.496. The number of likely N-dealkylation sites (N-methyl/N-ethyl adjacent to an activating group) is 1. The fourth-order valence-electron chi connectivity index (χ4n) is 3.63. The number of nitrogens with two attached hydrogens (primary N) is 1. The van der Waals surface area contributed by atoms with Crippen LogP contribution < -0.4 is 25.4 Å². The summed E-state index contributed by atoms with van der Waals surface area (Å²) in [6.07, 6.45) is 0. The number of piperazine rings is 1. The lowest BCUT2D eigenvalue weighted by Crippen LogP contribution is -2.46. The van der Waals surface area contributed by atoms with Gasteiger partial charge in [-0.2, -0.15) is 0 Å². The molecule has 8 heteroatoms. The predicted octanol–water partition coefficient (Wildman–Crippen LogP) is 2.59. The highest BCUT2D eigenvalue weighted by molar-refractivity contribution is 5.77. The van der Waals surface area contributed by atoms with Gasteiger partial charge in [0.25, 0.3) is 0 Å². The van der Waals surface area contributed by atoms with E-state index in [0.717, 1.165) is 43.9 Å². The summed E-state index contributed by atoms with van der Waals surface area (Å²) in [4.78, 5) is 8.81. The number of benzene rings is 2. The number of ether oxygens (including phenoxy) is 2. The normalized spacial score (nSPS) is 15.1. The Kier molecular flexibility index (Phi) is 7.94. The molecule has 0 atom stereocenters. The highest BCUT2D eigenvalue weighted by Gasteiger charge is 2.18. The van der Waals surface area contributed by atoms with Crippen LogP contribution in [0, 0.1) is 5.82 Å². The molecule has 31 heavy (non-hydrogen) atoms. The summed E-state index contributed by atoms with van der Waals surface area (Å²) in [6.45, 7) is 7.60. The van der Waals surface area contributed by atoms with Crippen molar-refractivity contribution in [3.8, 4) is 11.5 Å². The van der Waals surface area contributed by atoms with E-state index in [4.69, 9.17) is 15.2 Å². The number of aliphatic imine (C=N–C) groups is 1. The highest BCUT2D eigenvalue weighted by Crippen LogP contribution is 2.27. The zero-order valence-corrected chi connectivity index (χ0v) is 18.5. The van der Waals surface area contributed by atoms with Crippen LogP contribution in [0.4, 0.5) is 10.1 Å². The molecule has 1 aliphatic rings. The number of halogens is 1. The smallest absolute Gasteiger partial charge is 0.189 e. The molecule has 0 bridgehead atoms. The third-order valence-electron chi connectivity index (χ3n) is 5.53. The molecule has 1 saturated heterocycles. The topological polar surface area (TPSA) is 75.4 Å². The molecule has 1 aliphatic heterocycles. The van der Waals surface area contributed by atoms with Gasteiger partial charge in [-0.15, -0.1) is 0 Å². The first-order valence-electron chi connectivity index (χ1n) is 10.5. The Morgan fingerprint density at radius 1 is 1.03 bits per heavy atom. The van der Waals surface area contributed by atoms with E-state index in [1.54, 1.807) is 20.3 Å². The molecule has 0 aliphatic carbocycles. The van der Waals surface area contributed by atoms with Gasteiger partial charge in [-0.05, 0) is 41.9 Å². The lowest BCUT2D eigenvalue weighted by molar-refractivity contribution is 0.270. The van der Waals surface area contributed by atoms with Gasteiger partial charge in [-0.25, -0.2) is 9.38 Å². The van der Waals surface area contributed by atoms with Crippen LogP contribution in [-0.4, -0.2) is 57.8 Å². The SMILES string of the molecule is CCN1CCN(c2ccc(CN=C(N)NCc3ccc(OC)c(OC)c3)cc2F)CC1. The van der Waals surface area contributed by atoms with Gasteiger partial charge in [-0.3, -0.25) is 0 Å². The number of hydrogen-bond acceptors (Lipinski definition) is 5. The van der Waals surface area contributed by atoms with Crippen LogP contribution in [0.3, 0.4) is 0 Å². The lowest BCUT2D eigenvalue weighted by atomic mass is 10.1. The minimum Gasteiger partial charge on any atom is -0.493 e. The van der Waals surface area contributed by atoms with E-state index in [2.05, 4.69) is 27.0 Å². The second-order valence-electron chi connectivity index (χ2n) is 7.45. The van der Waals surface area contributed by atoms with Crippen LogP contribution in [0.15, 0.2) is 41.4 Å². The molecular formula is C23H32FN5O2. The molecule has 1 fully saturated rings. The Morgan fingerprint density at radius 3 is 2.39 bits per heavy atom. The molecule has 0 unspecified atom stereocenters. The van der Waals surface area contributed by atoms with Gasteiger partial charge < -0.3 is 30.3 Å². The Morgan fingerprint density at radius 2 is 1.74 bits per heavy atom. The average Bonchev–Trinajstić information content (AvgIpc) is 2.81. The second-order valence-corrected chi connectivity index (χ2v) is 7.45. The maximum atomic E-state index is 14.7. The largest absolute Gasteiger partial charge is 0.493 e. The maximum Gasteiger partial charge on any atom is 0.189 e. The molecule has 0 amide bonds. The molecule has 0 radical (unpaired) electrons. The van der Waals surface area contributed by atoms with Crippen molar-refractivity contribution in [2.24, 2.45) is 10.7 Å². The van der Waals surface area contributed by atoms with Gasteiger partial charge in [0.2, 0.25) is 0 Å². The van der Waals surface area contributed by atoms with Crippen molar-refractivity contribution >= 4 is 11.6 Å². The lowest BCUT2D eigenvalue weighted by Gasteiger charge is -2.35. The number of nitrogens with one attached hydrogen (secondary N) is 1. The number of nitrogens with zero attached hydrogens (tertiary/aromatic N) is 3. The van der Waals surface area contributed by atoms with E-state index in [0.29, 0.717) is 36.2 Å². The van der Waals surface area contributed by atoms with Crippen LogP contribution in [0.2, 0.25) is 0 Å². The molecule has 2 aromatic rings. The first-order chi connectivity index (χ1) is 15.0. The highest BCUT2D eigenvalue weighted by atomic mass is 19.1. The first-order valence-corrected chi connectivity index (χ1v) is 10.5. The number of methoxy groups -OCH3 is 2. The van der Waals surface area contributed by atoms with Crippen molar-refractivity contribution in [2.75, 3.05) is 51.8 Å². The molecule has 1 heterocycles. The van der Waals surface area contributed by atoms with Crippen molar-refractivity contribution in [1.29, 1.82) is 0 Å². The molecule has 7 nitrogen and oxygen atoms in total. The Bertz CT molecular complexity index is 898. The third-order valence-corrected chi connectivity index (χ3v) is 5.53. The molecule has 168 valence electrons. The van der Waals surface area contributed by atoms with Crippen molar-refractivity contribution in [3.63, 3.8) is 0 Å². The summed E-state index contributed by atoms with van der Waals surface area (Å²) in [5.74, 6) is 1.42. The summed E-state index contributed by atoms with van der Waals surface area (Å²) in [6, 6.07) is 11.0. The Hall–Kier alpha value is -3.00. The van der Waals surface area contributed by atoms with E-state index in [9.17, 15) is 4.39 Å². The minimum absolute atomic E-state index is 0.213. The summed E-state index contributed by atoms with van der Waals surface area (Å²) in [5, 5.41) is 3.07. The van der Waals surface area contributed by atoms with Gasteiger partial charge in [-0.1, -0.05) is 19.1 Å². The van der Waals surface area contributed by atoms with Gasteiger partial charge >= 0.3 is 0 Å². The zero-order valence-electron chi connectivity index (χ0n) is 18.5. The van der Waals surface area contributed by atoms with E-state index in [1.165, 1.54) is 0 Å². The average molecular weight is 430 g/mol. The minimum atomic E-state index is -0.213. The monoisotopic (exact) mass is 429 g/mol. The molecule has 0 saturated carbocycles. The molecule has 2 aromatic carbocycles. The van der Waals surface area contributed by atoms with E-state index in [-0.39, 0.29) is 5.82 Å². The summed E-state index contributed by atoms with van der Waals surface area (Å²) >= 11 is 0. The van der Waals surface area contributed by atoms with E-state index in [1.807, 2.05) is 30.3 Å². The third kappa shape index (κ3) is 6.01. The van der Waals surface area contributed by atoms with Crippen LogP contribution >= 0.6 is 0 Å². The fraction of sp³-hybridized carbons (Fsp3) is 0.435. The van der Waals surface area contributed by atoms with Gasteiger partial charge in [0.15, 0.2) is 17.5 Å². The van der Waals surface area contributed by atoms with Crippen molar-refractivity contribution in [1.82, 2.24) is 10.2 Å². The predicted molar refractivity (Wildman–Crippen MR) is 122 cm³/mol. The number of guanidine groups is 1. The molecular weight excluding hydrogens is 397 g/mol. The van der Waals surface area contributed by atoms with Gasteiger partial charge in [0.1, 0.15) is 5.82 Å². The first kappa shape index (κ1) is 22.7. The molecule has 0 spiro atoms.